The Kier molecular flexibility index (Phi) is 5.58. The van der Waals surface area contributed by atoms with E-state index in [1.165, 1.54) is 6.26 Å². The molecule has 1 amide bonds. The van der Waals surface area contributed by atoms with E-state index in [4.69, 9.17) is 13.9 Å². The van der Waals surface area contributed by atoms with Gasteiger partial charge in [0.2, 0.25) is 0 Å². The van der Waals surface area contributed by atoms with Gasteiger partial charge in [0.25, 0.3) is 5.91 Å². The van der Waals surface area contributed by atoms with Gasteiger partial charge in [0, 0.05) is 19.0 Å². The van der Waals surface area contributed by atoms with Gasteiger partial charge in [0.1, 0.15) is 17.6 Å². The summed E-state index contributed by atoms with van der Waals surface area (Å²) in [5.74, 6) is 0.686. The zero-order chi connectivity index (χ0) is 18.5. The predicted molar refractivity (Wildman–Crippen MR) is 100 cm³/mol. The third kappa shape index (κ3) is 3.73. The van der Waals surface area contributed by atoms with Gasteiger partial charge >= 0.3 is 0 Å². The number of methoxy groups -OCH3 is 2. The minimum absolute atomic E-state index is 0.0812. The molecule has 0 unspecified atom stereocenters. The van der Waals surface area contributed by atoms with Crippen molar-refractivity contribution in [2.24, 2.45) is 0 Å². The van der Waals surface area contributed by atoms with Crippen LogP contribution in [0.15, 0.2) is 59.2 Å². The van der Waals surface area contributed by atoms with E-state index in [0.29, 0.717) is 24.3 Å². The smallest absolute Gasteiger partial charge is 0.258 e. The normalized spacial score (nSPS) is 12.1. The fraction of sp³-hybridized carbons (Fsp3) is 0.286. The molecule has 0 saturated heterocycles. The van der Waals surface area contributed by atoms with Crippen LogP contribution in [0, 0.1) is 0 Å². The number of nitrogens with zero attached hydrogens (tertiary/aromatic N) is 1. The van der Waals surface area contributed by atoms with Crippen LogP contribution in [0.2, 0.25) is 0 Å². The van der Waals surface area contributed by atoms with Gasteiger partial charge in [0.15, 0.2) is 0 Å². The van der Waals surface area contributed by atoms with Gasteiger partial charge < -0.3 is 18.8 Å². The molecule has 0 aliphatic heterocycles. The average molecular weight is 353 g/mol. The summed E-state index contributed by atoms with van der Waals surface area (Å²) in [6.45, 7) is 2.88. The van der Waals surface area contributed by atoms with Crippen molar-refractivity contribution < 1.29 is 18.7 Å². The van der Waals surface area contributed by atoms with Crippen molar-refractivity contribution in [2.75, 3.05) is 20.8 Å². The molecule has 0 aliphatic carbocycles. The first-order valence-corrected chi connectivity index (χ1v) is 8.53. The molecule has 0 radical (unpaired) electrons. The highest BCUT2D eigenvalue weighted by Gasteiger charge is 2.25. The number of amides is 1. The second kappa shape index (κ2) is 8.06. The number of rotatable bonds is 7. The largest absolute Gasteiger partial charge is 0.497 e. The Balaban J connectivity index is 1.93. The van der Waals surface area contributed by atoms with Crippen LogP contribution in [0.4, 0.5) is 0 Å². The SMILES string of the molecule is COC[C@@H](C)N(Cc1cccc(OC)c1)C(=O)c1coc2ccccc12. The molecule has 3 aromatic rings. The Morgan fingerprint density at radius 3 is 2.73 bits per heavy atom. The molecule has 26 heavy (non-hydrogen) atoms. The Morgan fingerprint density at radius 2 is 1.96 bits per heavy atom. The molecular weight excluding hydrogens is 330 g/mol. The fourth-order valence-corrected chi connectivity index (χ4v) is 3.02. The van der Waals surface area contributed by atoms with Gasteiger partial charge in [-0.1, -0.05) is 30.3 Å². The van der Waals surface area contributed by atoms with E-state index in [9.17, 15) is 4.79 Å². The Labute approximate surface area is 153 Å². The second-order valence-electron chi connectivity index (χ2n) is 6.23. The number of fused-ring (bicyclic) bond motifs is 1. The fourth-order valence-electron chi connectivity index (χ4n) is 3.02. The maximum Gasteiger partial charge on any atom is 0.258 e. The average Bonchev–Trinajstić information content (AvgIpc) is 3.10. The van der Waals surface area contributed by atoms with Crippen molar-refractivity contribution in [2.45, 2.75) is 19.5 Å². The quantitative estimate of drug-likeness (QED) is 0.641. The first kappa shape index (κ1) is 18.0. The molecule has 0 N–H and O–H groups in total. The number of para-hydroxylation sites is 1. The molecule has 1 heterocycles. The minimum atomic E-state index is -0.0904. The lowest BCUT2D eigenvalue weighted by Crippen LogP contribution is -2.40. The van der Waals surface area contributed by atoms with E-state index < -0.39 is 0 Å². The van der Waals surface area contributed by atoms with Crippen LogP contribution < -0.4 is 4.74 Å². The molecule has 5 nitrogen and oxygen atoms in total. The molecule has 5 heteroatoms. The summed E-state index contributed by atoms with van der Waals surface area (Å²) in [6, 6.07) is 15.2. The Morgan fingerprint density at radius 1 is 1.15 bits per heavy atom. The summed E-state index contributed by atoms with van der Waals surface area (Å²) in [5, 5.41) is 0.817. The molecule has 2 aromatic carbocycles. The van der Waals surface area contributed by atoms with Crippen molar-refractivity contribution in [1.29, 1.82) is 0 Å². The molecule has 0 fully saturated rings. The zero-order valence-electron chi connectivity index (χ0n) is 15.3. The second-order valence-corrected chi connectivity index (χ2v) is 6.23. The molecule has 136 valence electrons. The third-order valence-corrected chi connectivity index (χ3v) is 4.40. The standard InChI is InChI=1S/C21H23NO4/c1-15(13-24-2)22(12-16-7-6-8-17(11-16)25-3)21(23)19-14-26-20-10-5-4-9-18(19)20/h4-11,14-15H,12-13H2,1-3H3/t15-/m1/s1. The number of carbonyl (C=O) groups excluding carboxylic acids is 1. The topological polar surface area (TPSA) is 51.9 Å². The number of benzene rings is 2. The van der Waals surface area contributed by atoms with E-state index in [2.05, 4.69) is 0 Å². The summed E-state index contributed by atoms with van der Waals surface area (Å²) in [4.78, 5) is 15.1. The summed E-state index contributed by atoms with van der Waals surface area (Å²) in [5.41, 5.74) is 2.26. The maximum absolute atomic E-state index is 13.3. The zero-order valence-corrected chi connectivity index (χ0v) is 15.3. The van der Waals surface area contributed by atoms with Crippen molar-refractivity contribution >= 4 is 16.9 Å². The van der Waals surface area contributed by atoms with Gasteiger partial charge in [0.05, 0.1) is 25.3 Å². The minimum Gasteiger partial charge on any atom is -0.497 e. The monoisotopic (exact) mass is 353 g/mol. The highest BCUT2D eigenvalue weighted by Crippen LogP contribution is 2.24. The summed E-state index contributed by atoms with van der Waals surface area (Å²) in [7, 11) is 3.27. The van der Waals surface area contributed by atoms with Crippen LogP contribution in [0.3, 0.4) is 0 Å². The first-order valence-electron chi connectivity index (χ1n) is 8.53. The van der Waals surface area contributed by atoms with Crippen LogP contribution in [0.5, 0.6) is 5.75 Å². The molecule has 0 bridgehead atoms. The highest BCUT2D eigenvalue weighted by molar-refractivity contribution is 6.06. The lowest BCUT2D eigenvalue weighted by Gasteiger charge is -2.29. The lowest BCUT2D eigenvalue weighted by molar-refractivity contribution is 0.0543. The van der Waals surface area contributed by atoms with E-state index in [1.54, 1.807) is 19.1 Å². The van der Waals surface area contributed by atoms with Gasteiger partial charge in [-0.05, 0) is 30.7 Å². The Bertz CT molecular complexity index is 886. The van der Waals surface area contributed by atoms with Gasteiger partial charge in [-0.2, -0.15) is 0 Å². The Hall–Kier alpha value is -2.79. The highest BCUT2D eigenvalue weighted by atomic mass is 16.5. The van der Waals surface area contributed by atoms with Crippen molar-refractivity contribution in [3.8, 4) is 5.75 Å². The maximum atomic E-state index is 13.3. The van der Waals surface area contributed by atoms with Crippen molar-refractivity contribution in [3.05, 3.63) is 65.9 Å². The van der Waals surface area contributed by atoms with E-state index >= 15 is 0 Å². The predicted octanol–water partition coefficient (Wildman–Crippen LogP) is 4.12. The van der Waals surface area contributed by atoms with Gasteiger partial charge in [-0.25, -0.2) is 0 Å². The summed E-state index contributed by atoms with van der Waals surface area (Å²) >= 11 is 0. The third-order valence-electron chi connectivity index (χ3n) is 4.40. The lowest BCUT2D eigenvalue weighted by atomic mass is 10.1. The first-order chi connectivity index (χ1) is 12.6. The van der Waals surface area contributed by atoms with Gasteiger partial charge in [-0.15, -0.1) is 0 Å². The molecule has 1 aromatic heterocycles. The summed E-state index contributed by atoms with van der Waals surface area (Å²) in [6.07, 6.45) is 1.53. The number of hydrogen-bond acceptors (Lipinski definition) is 4. The molecular formula is C21H23NO4. The van der Waals surface area contributed by atoms with E-state index in [1.807, 2.05) is 55.5 Å². The van der Waals surface area contributed by atoms with Crippen LogP contribution in [-0.2, 0) is 11.3 Å². The van der Waals surface area contributed by atoms with Crippen LogP contribution in [-0.4, -0.2) is 37.7 Å². The molecule has 0 saturated carbocycles. The van der Waals surface area contributed by atoms with Crippen LogP contribution in [0.25, 0.3) is 11.0 Å². The molecule has 3 rings (SSSR count). The number of furan rings is 1. The number of carbonyl (C=O) groups is 1. The van der Waals surface area contributed by atoms with Crippen molar-refractivity contribution in [1.82, 2.24) is 4.90 Å². The van der Waals surface area contributed by atoms with Crippen LogP contribution >= 0.6 is 0 Å². The molecule has 0 spiro atoms. The van der Waals surface area contributed by atoms with E-state index in [0.717, 1.165) is 16.7 Å². The van der Waals surface area contributed by atoms with Crippen LogP contribution in [0.1, 0.15) is 22.8 Å². The van der Waals surface area contributed by atoms with E-state index in [-0.39, 0.29) is 11.9 Å². The molecule has 0 aliphatic rings. The number of ether oxygens (including phenoxy) is 2. The molecule has 1 atom stereocenters. The summed E-state index contributed by atoms with van der Waals surface area (Å²) < 4.78 is 16.1. The number of hydrogen-bond donors (Lipinski definition) is 0. The van der Waals surface area contributed by atoms with Gasteiger partial charge in [-0.3, -0.25) is 4.79 Å². The van der Waals surface area contributed by atoms with Crippen molar-refractivity contribution in [3.63, 3.8) is 0 Å².